The highest BCUT2D eigenvalue weighted by Crippen LogP contribution is 2.25. The molecule has 35 heavy (non-hydrogen) atoms. The van der Waals surface area contributed by atoms with Gasteiger partial charge in [-0.3, -0.25) is 9.59 Å². The quantitative estimate of drug-likeness (QED) is 0.328. The molecule has 1 amide bonds. The van der Waals surface area contributed by atoms with Gasteiger partial charge in [0.15, 0.2) is 11.5 Å². The Morgan fingerprint density at radius 1 is 1.11 bits per heavy atom. The first-order chi connectivity index (χ1) is 16.9. The number of aromatic nitrogens is 6. The second-order valence-corrected chi connectivity index (χ2v) is 7.99. The van der Waals surface area contributed by atoms with E-state index < -0.39 is 23.7 Å². The summed E-state index contributed by atoms with van der Waals surface area (Å²) in [5, 5.41) is 3.62. The predicted molar refractivity (Wildman–Crippen MR) is 130 cm³/mol. The number of aromatic amines is 1. The fourth-order valence-electron chi connectivity index (χ4n) is 3.97. The van der Waals surface area contributed by atoms with Gasteiger partial charge in [-0.1, -0.05) is 30.3 Å². The number of anilines is 1. The molecular formula is C24H22N8O3. The summed E-state index contributed by atoms with van der Waals surface area (Å²) in [6.07, 6.45) is 1.46. The lowest BCUT2D eigenvalue weighted by atomic mass is 10.1. The van der Waals surface area contributed by atoms with E-state index in [2.05, 4.69) is 25.3 Å². The average Bonchev–Trinajstić information content (AvgIpc) is 3.33. The molecule has 2 unspecified atom stereocenters. The Labute approximate surface area is 199 Å². The summed E-state index contributed by atoms with van der Waals surface area (Å²) >= 11 is 0. The number of amides is 1. The summed E-state index contributed by atoms with van der Waals surface area (Å²) < 4.78 is 7.11. The van der Waals surface area contributed by atoms with Crippen LogP contribution in [0.1, 0.15) is 30.6 Å². The van der Waals surface area contributed by atoms with Gasteiger partial charge < -0.3 is 20.8 Å². The number of nitrogens with one attached hydrogen (secondary N) is 2. The first kappa shape index (κ1) is 22.0. The minimum absolute atomic E-state index is 0.249. The summed E-state index contributed by atoms with van der Waals surface area (Å²) in [4.78, 5) is 46.7. The van der Waals surface area contributed by atoms with E-state index in [0.717, 1.165) is 5.56 Å². The summed E-state index contributed by atoms with van der Waals surface area (Å²) in [5.74, 6) is 0.260. The highest BCUT2D eigenvalue weighted by atomic mass is 16.5. The van der Waals surface area contributed by atoms with Gasteiger partial charge in [-0.15, -0.1) is 0 Å². The number of hydrogen-bond acceptors (Lipinski definition) is 8. The molecule has 176 valence electrons. The van der Waals surface area contributed by atoms with Crippen LogP contribution in [0.4, 0.5) is 5.82 Å². The second kappa shape index (κ2) is 8.86. The number of carbonyl (C=O) groups excluding carboxylic acids is 1. The zero-order chi connectivity index (χ0) is 24.5. The topological polar surface area (TPSA) is 154 Å². The number of nitrogens with two attached hydrogens (primary N) is 1. The molecule has 0 aliphatic rings. The average molecular weight is 470 g/mol. The third-order valence-corrected chi connectivity index (χ3v) is 5.60. The van der Waals surface area contributed by atoms with Crippen molar-refractivity contribution in [3.8, 4) is 5.75 Å². The molecule has 0 saturated carbocycles. The normalized spacial score (nSPS) is 13.0. The number of aryl methyl sites for hydroxylation is 1. The Bertz CT molecular complexity index is 1600. The maximum atomic E-state index is 13.8. The van der Waals surface area contributed by atoms with Gasteiger partial charge in [-0.05, 0) is 37.6 Å². The van der Waals surface area contributed by atoms with E-state index in [1.807, 2.05) is 25.1 Å². The lowest BCUT2D eigenvalue weighted by molar-refractivity contribution is -0.128. The molecule has 0 fully saturated rings. The van der Waals surface area contributed by atoms with Gasteiger partial charge >= 0.3 is 0 Å². The Morgan fingerprint density at radius 2 is 1.91 bits per heavy atom. The fourth-order valence-corrected chi connectivity index (χ4v) is 3.97. The number of para-hydroxylation sites is 1. The van der Waals surface area contributed by atoms with Crippen LogP contribution in [-0.2, 0) is 4.79 Å². The van der Waals surface area contributed by atoms with Crippen molar-refractivity contribution in [2.24, 2.45) is 5.73 Å². The van der Waals surface area contributed by atoms with Crippen LogP contribution in [0.25, 0.3) is 22.1 Å². The third-order valence-electron chi connectivity index (χ3n) is 5.60. The van der Waals surface area contributed by atoms with Crippen molar-refractivity contribution in [3.05, 3.63) is 82.9 Å². The predicted octanol–water partition coefficient (Wildman–Crippen LogP) is 2.61. The number of benzene rings is 2. The van der Waals surface area contributed by atoms with Crippen LogP contribution in [-0.4, -0.2) is 35.4 Å². The number of imidazole rings is 1. The maximum Gasteiger partial charge on any atom is 0.280 e. The molecule has 0 spiro atoms. The largest absolute Gasteiger partial charge is 0.461 e. The third kappa shape index (κ3) is 4.03. The molecule has 2 atom stereocenters. The molecule has 0 aliphatic heterocycles. The lowest BCUT2D eigenvalue weighted by Gasteiger charge is -2.25. The number of nitrogens with zero attached hydrogens (tertiary/aromatic N) is 5. The van der Waals surface area contributed by atoms with Crippen molar-refractivity contribution in [3.63, 3.8) is 0 Å². The number of ether oxygens (including phenoxy) is 1. The van der Waals surface area contributed by atoms with Crippen LogP contribution in [0.3, 0.4) is 0 Å². The van der Waals surface area contributed by atoms with Crippen molar-refractivity contribution in [1.29, 1.82) is 0 Å². The van der Waals surface area contributed by atoms with Crippen molar-refractivity contribution in [2.75, 3.05) is 5.32 Å². The van der Waals surface area contributed by atoms with Crippen molar-refractivity contribution < 1.29 is 9.53 Å². The van der Waals surface area contributed by atoms with E-state index in [0.29, 0.717) is 33.6 Å². The molecule has 2 aromatic carbocycles. The Morgan fingerprint density at radius 3 is 2.69 bits per heavy atom. The van der Waals surface area contributed by atoms with Gasteiger partial charge in [0.25, 0.3) is 17.7 Å². The Balaban J connectivity index is 1.68. The van der Waals surface area contributed by atoms with E-state index >= 15 is 0 Å². The summed E-state index contributed by atoms with van der Waals surface area (Å²) in [6, 6.07) is 13.5. The molecule has 0 aliphatic carbocycles. The number of carbonyl (C=O) groups is 1. The van der Waals surface area contributed by atoms with E-state index in [1.54, 1.807) is 37.3 Å². The van der Waals surface area contributed by atoms with E-state index in [9.17, 15) is 9.59 Å². The standard InChI is InChI=1S/C24H22N8O3/c1-13-7-6-10-16-17(13)23(34)32(24(19(25)33)35-15-8-4-3-5-9-15)22(31-16)14(2)30-21-18-20(27-11-26-18)28-12-29-21/h3-12,14,24H,1-2H3,(H2,25,33)(H2,26,27,28,29,30). The van der Waals surface area contributed by atoms with Crippen LogP contribution in [0.5, 0.6) is 5.75 Å². The van der Waals surface area contributed by atoms with Crippen LogP contribution in [0.2, 0.25) is 0 Å². The summed E-state index contributed by atoms with van der Waals surface area (Å²) in [7, 11) is 0. The van der Waals surface area contributed by atoms with Crippen molar-refractivity contribution in [2.45, 2.75) is 26.1 Å². The Kier molecular flexibility index (Phi) is 5.57. The molecule has 3 heterocycles. The molecule has 0 radical (unpaired) electrons. The van der Waals surface area contributed by atoms with Gasteiger partial charge in [-0.2, -0.15) is 0 Å². The van der Waals surface area contributed by atoms with Gasteiger partial charge in [0.2, 0.25) is 0 Å². The summed E-state index contributed by atoms with van der Waals surface area (Å²) in [5.41, 5.74) is 7.60. The van der Waals surface area contributed by atoms with Crippen molar-refractivity contribution >= 4 is 33.8 Å². The van der Waals surface area contributed by atoms with Gasteiger partial charge in [-0.25, -0.2) is 24.5 Å². The Hall–Kier alpha value is -4.80. The zero-order valence-corrected chi connectivity index (χ0v) is 19.0. The van der Waals surface area contributed by atoms with Gasteiger partial charge in [0.1, 0.15) is 23.4 Å². The van der Waals surface area contributed by atoms with E-state index in [-0.39, 0.29) is 5.82 Å². The van der Waals surface area contributed by atoms with E-state index in [4.69, 9.17) is 15.5 Å². The van der Waals surface area contributed by atoms with Crippen LogP contribution in [0, 0.1) is 6.92 Å². The fraction of sp³-hybridized carbons (Fsp3) is 0.167. The number of H-pyrrole nitrogens is 1. The molecule has 5 rings (SSSR count). The van der Waals surface area contributed by atoms with Crippen LogP contribution < -0.4 is 21.3 Å². The minimum atomic E-state index is -1.43. The SMILES string of the molecule is Cc1cccc2nc(C(C)Nc3ncnc4nc[nH]c34)n(C(Oc3ccccc3)C(N)=O)c(=O)c12. The molecular weight excluding hydrogens is 448 g/mol. The number of fused-ring (bicyclic) bond motifs is 2. The molecule has 4 N–H and O–H groups in total. The molecule has 5 aromatic rings. The monoisotopic (exact) mass is 470 g/mol. The molecule has 0 saturated heterocycles. The maximum absolute atomic E-state index is 13.8. The first-order valence-electron chi connectivity index (χ1n) is 10.9. The van der Waals surface area contributed by atoms with Crippen LogP contribution in [0.15, 0.2) is 66.0 Å². The summed E-state index contributed by atoms with van der Waals surface area (Å²) in [6.45, 7) is 3.61. The molecule has 3 aromatic heterocycles. The molecule has 11 heteroatoms. The highest BCUT2D eigenvalue weighted by molar-refractivity contribution is 5.84. The molecule has 11 nitrogen and oxygen atoms in total. The number of hydrogen-bond donors (Lipinski definition) is 3. The number of primary amides is 1. The second-order valence-electron chi connectivity index (χ2n) is 7.99. The first-order valence-corrected chi connectivity index (χ1v) is 10.9. The molecule has 0 bridgehead atoms. The number of rotatable bonds is 7. The van der Waals surface area contributed by atoms with E-state index in [1.165, 1.54) is 17.2 Å². The lowest BCUT2D eigenvalue weighted by Crippen LogP contribution is -2.41. The van der Waals surface area contributed by atoms with Crippen molar-refractivity contribution in [1.82, 2.24) is 29.5 Å². The van der Waals surface area contributed by atoms with Crippen LogP contribution >= 0.6 is 0 Å². The van der Waals surface area contributed by atoms with Gasteiger partial charge in [0.05, 0.1) is 23.3 Å². The highest BCUT2D eigenvalue weighted by Gasteiger charge is 2.29. The smallest absolute Gasteiger partial charge is 0.280 e. The van der Waals surface area contributed by atoms with Gasteiger partial charge in [0, 0.05) is 0 Å². The zero-order valence-electron chi connectivity index (χ0n) is 19.0. The minimum Gasteiger partial charge on any atom is -0.461 e.